The maximum absolute atomic E-state index is 12.6. The number of urea groups is 1. The second-order valence-corrected chi connectivity index (χ2v) is 9.20. The van der Waals surface area contributed by atoms with Crippen LogP contribution in [0, 0.1) is 0 Å². The molecule has 2 aliphatic heterocycles. The topological polar surface area (TPSA) is 55.9 Å². The molecule has 0 unspecified atom stereocenters. The van der Waals surface area contributed by atoms with Crippen LogP contribution in [0.2, 0.25) is 0 Å². The van der Waals surface area contributed by atoms with E-state index in [0.717, 1.165) is 18.7 Å². The first-order valence-electron chi connectivity index (χ1n) is 11.0. The molecule has 0 aromatic heterocycles. The van der Waals surface area contributed by atoms with Gasteiger partial charge in [0.25, 0.3) is 5.91 Å². The van der Waals surface area contributed by atoms with Crippen molar-refractivity contribution in [2.75, 3.05) is 62.6 Å². The number of anilines is 1. The highest BCUT2D eigenvalue weighted by atomic mass is 32.2. The van der Waals surface area contributed by atoms with Crippen LogP contribution in [-0.4, -0.2) is 84.0 Å². The Morgan fingerprint density at radius 2 is 1.45 bits per heavy atom. The molecule has 1 N–H and O–H groups in total. The zero-order valence-corrected chi connectivity index (χ0v) is 18.7. The van der Waals surface area contributed by atoms with Crippen LogP contribution in [0.25, 0.3) is 0 Å². The number of carbonyl (C=O) groups excluding carboxylic acids is 2. The van der Waals surface area contributed by atoms with E-state index in [9.17, 15) is 9.59 Å². The van der Waals surface area contributed by atoms with Crippen molar-refractivity contribution in [2.45, 2.75) is 6.42 Å². The number of hydrogen-bond donors (Lipinski definition) is 1. The van der Waals surface area contributed by atoms with Gasteiger partial charge < -0.3 is 20.0 Å². The van der Waals surface area contributed by atoms with Gasteiger partial charge in [0.15, 0.2) is 0 Å². The Morgan fingerprint density at radius 1 is 0.806 bits per heavy atom. The Hall–Kier alpha value is -2.51. The van der Waals surface area contributed by atoms with E-state index in [2.05, 4.69) is 22.3 Å². The molecule has 6 nitrogen and oxygen atoms in total. The van der Waals surface area contributed by atoms with Gasteiger partial charge in [-0.15, -0.1) is 0 Å². The fraction of sp³-hybridized carbons (Fsp3) is 0.417. The van der Waals surface area contributed by atoms with Gasteiger partial charge in [0, 0.05) is 68.6 Å². The molecule has 164 valence electrons. The largest absolute Gasteiger partial charge is 0.335 e. The maximum Gasteiger partial charge on any atom is 0.321 e. The van der Waals surface area contributed by atoms with Crippen molar-refractivity contribution in [1.82, 2.24) is 14.7 Å². The smallest absolute Gasteiger partial charge is 0.321 e. The van der Waals surface area contributed by atoms with E-state index in [0.29, 0.717) is 31.7 Å². The standard InChI is InChI=1S/C24H30N4O2S/c29-23(21-4-2-1-3-5-21)27-12-14-28(15-13-27)24(30)25-22-8-6-20(7-9-22)10-11-26-16-18-31-19-17-26/h1-9H,10-19H2,(H,25,30). The molecule has 0 radical (unpaired) electrons. The second kappa shape index (κ2) is 10.7. The molecule has 3 amide bonds. The molecule has 31 heavy (non-hydrogen) atoms. The first kappa shape index (κ1) is 21.7. The summed E-state index contributed by atoms with van der Waals surface area (Å²) in [6.45, 7) is 5.64. The highest BCUT2D eigenvalue weighted by Crippen LogP contribution is 2.15. The lowest BCUT2D eigenvalue weighted by molar-refractivity contribution is 0.0671. The number of hydrogen-bond acceptors (Lipinski definition) is 4. The number of amides is 3. The van der Waals surface area contributed by atoms with Gasteiger partial charge in [0.2, 0.25) is 0 Å². The minimum Gasteiger partial charge on any atom is -0.335 e. The average molecular weight is 439 g/mol. The molecular formula is C24H30N4O2S. The van der Waals surface area contributed by atoms with E-state index in [1.165, 1.54) is 30.2 Å². The van der Waals surface area contributed by atoms with Crippen LogP contribution < -0.4 is 5.32 Å². The highest BCUT2D eigenvalue weighted by molar-refractivity contribution is 7.99. The molecule has 2 aliphatic rings. The third-order valence-electron chi connectivity index (χ3n) is 5.90. The molecule has 4 rings (SSSR count). The summed E-state index contributed by atoms with van der Waals surface area (Å²) < 4.78 is 0. The lowest BCUT2D eigenvalue weighted by Crippen LogP contribution is -2.51. The summed E-state index contributed by atoms with van der Waals surface area (Å²) in [5.41, 5.74) is 2.80. The predicted octanol–water partition coefficient (Wildman–Crippen LogP) is 3.27. The molecule has 0 spiro atoms. The Morgan fingerprint density at radius 3 is 2.13 bits per heavy atom. The predicted molar refractivity (Wildman–Crippen MR) is 127 cm³/mol. The molecule has 2 aromatic carbocycles. The van der Waals surface area contributed by atoms with E-state index in [-0.39, 0.29) is 11.9 Å². The van der Waals surface area contributed by atoms with E-state index in [4.69, 9.17) is 0 Å². The third kappa shape index (κ3) is 6.02. The lowest BCUT2D eigenvalue weighted by Gasteiger charge is -2.34. The monoisotopic (exact) mass is 438 g/mol. The number of benzene rings is 2. The fourth-order valence-corrected chi connectivity index (χ4v) is 4.92. The summed E-state index contributed by atoms with van der Waals surface area (Å²) in [6.07, 6.45) is 1.04. The number of rotatable bonds is 5. The summed E-state index contributed by atoms with van der Waals surface area (Å²) in [7, 11) is 0. The number of nitrogens with one attached hydrogen (secondary N) is 1. The molecule has 7 heteroatoms. The van der Waals surface area contributed by atoms with Gasteiger partial charge in [0.05, 0.1) is 0 Å². The van der Waals surface area contributed by atoms with E-state index in [1.54, 1.807) is 4.90 Å². The van der Waals surface area contributed by atoms with Gasteiger partial charge in [0.1, 0.15) is 0 Å². The normalized spacial score (nSPS) is 17.4. The van der Waals surface area contributed by atoms with Crippen molar-refractivity contribution >= 4 is 29.4 Å². The molecule has 2 aromatic rings. The second-order valence-electron chi connectivity index (χ2n) is 7.98. The molecule has 0 bridgehead atoms. The molecule has 0 aliphatic carbocycles. The Balaban J connectivity index is 1.22. The molecule has 0 atom stereocenters. The van der Waals surface area contributed by atoms with Crippen molar-refractivity contribution < 1.29 is 9.59 Å². The van der Waals surface area contributed by atoms with Crippen LogP contribution in [-0.2, 0) is 6.42 Å². The van der Waals surface area contributed by atoms with E-state index >= 15 is 0 Å². The Labute approximate surface area is 188 Å². The van der Waals surface area contributed by atoms with Crippen molar-refractivity contribution in [2.24, 2.45) is 0 Å². The summed E-state index contributed by atoms with van der Waals surface area (Å²) in [4.78, 5) is 31.3. The zero-order chi connectivity index (χ0) is 21.5. The van der Waals surface area contributed by atoms with Gasteiger partial charge in [-0.25, -0.2) is 4.79 Å². The van der Waals surface area contributed by atoms with Gasteiger partial charge in [-0.1, -0.05) is 30.3 Å². The maximum atomic E-state index is 12.6. The van der Waals surface area contributed by atoms with E-state index in [1.807, 2.05) is 59.1 Å². The minimum atomic E-state index is -0.106. The molecule has 2 fully saturated rings. The minimum absolute atomic E-state index is 0.0274. The number of thioether (sulfide) groups is 1. The highest BCUT2D eigenvalue weighted by Gasteiger charge is 2.24. The van der Waals surface area contributed by atoms with Crippen LogP contribution >= 0.6 is 11.8 Å². The van der Waals surface area contributed by atoms with Gasteiger partial charge in [-0.05, 0) is 36.2 Å². The van der Waals surface area contributed by atoms with Crippen molar-refractivity contribution in [1.29, 1.82) is 0 Å². The summed E-state index contributed by atoms with van der Waals surface area (Å²) in [5, 5.41) is 2.99. The van der Waals surface area contributed by atoms with Gasteiger partial charge >= 0.3 is 6.03 Å². The van der Waals surface area contributed by atoms with Crippen LogP contribution in [0.3, 0.4) is 0 Å². The van der Waals surface area contributed by atoms with Crippen LogP contribution in [0.4, 0.5) is 10.5 Å². The summed E-state index contributed by atoms with van der Waals surface area (Å²) >= 11 is 2.03. The number of piperazine rings is 1. The van der Waals surface area contributed by atoms with Crippen LogP contribution in [0.5, 0.6) is 0 Å². The molecule has 2 saturated heterocycles. The van der Waals surface area contributed by atoms with Gasteiger partial charge in [-0.2, -0.15) is 11.8 Å². The average Bonchev–Trinajstić information content (AvgIpc) is 2.84. The van der Waals surface area contributed by atoms with Crippen molar-refractivity contribution in [3.8, 4) is 0 Å². The van der Waals surface area contributed by atoms with Crippen molar-refractivity contribution in [3.63, 3.8) is 0 Å². The van der Waals surface area contributed by atoms with Crippen molar-refractivity contribution in [3.05, 3.63) is 65.7 Å². The number of nitrogens with zero attached hydrogens (tertiary/aromatic N) is 3. The molecular weight excluding hydrogens is 408 g/mol. The molecule has 2 heterocycles. The Kier molecular flexibility index (Phi) is 7.48. The zero-order valence-electron chi connectivity index (χ0n) is 17.8. The van der Waals surface area contributed by atoms with Crippen LogP contribution in [0.15, 0.2) is 54.6 Å². The lowest BCUT2D eigenvalue weighted by atomic mass is 10.1. The third-order valence-corrected chi connectivity index (χ3v) is 6.84. The number of carbonyl (C=O) groups is 2. The fourth-order valence-electron chi connectivity index (χ4n) is 3.95. The van der Waals surface area contributed by atoms with Gasteiger partial charge in [-0.3, -0.25) is 4.79 Å². The first-order valence-corrected chi connectivity index (χ1v) is 12.1. The summed E-state index contributed by atoms with van der Waals surface area (Å²) in [5.74, 6) is 2.50. The summed E-state index contributed by atoms with van der Waals surface area (Å²) in [6, 6.07) is 17.4. The Bertz CT molecular complexity index is 861. The van der Waals surface area contributed by atoms with Crippen LogP contribution in [0.1, 0.15) is 15.9 Å². The molecule has 0 saturated carbocycles. The SMILES string of the molecule is O=C(Nc1ccc(CCN2CCSCC2)cc1)N1CCN(C(=O)c2ccccc2)CC1. The quantitative estimate of drug-likeness (QED) is 0.779. The van der Waals surface area contributed by atoms with E-state index < -0.39 is 0 Å². The first-order chi connectivity index (χ1) is 15.2.